The van der Waals surface area contributed by atoms with Gasteiger partial charge < -0.3 is 14.6 Å². The van der Waals surface area contributed by atoms with E-state index in [-0.39, 0.29) is 5.75 Å². The molecule has 0 aliphatic heterocycles. The van der Waals surface area contributed by atoms with Crippen molar-refractivity contribution in [2.75, 3.05) is 7.11 Å². The summed E-state index contributed by atoms with van der Waals surface area (Å²) in [5.41, 5.74) is 2.80. The number of carbonyl (C=O) groups is 1. The summed E-state index contributed by atoms with van der Waals surface area (Å²) in [6, 6.07) is 12.1. The Labute approximate surface area is 148 Å². The Morgan fingerprint density at radius 1 is 1.29 bits per heavy atom. The second-order valence-corrected chi connectivity index (χ2v) is 5.76. The summed E-state index contributed by atoms with van der Waals surface area (Å²) in [6.07, 6.45) is 0.615. The molecule has 126 valence electrons. The number of phenols is 1. The zero-order chi connectivity index (χ0) is 17.5. The molecule has 0 aromatic heterocycles. The van der Waals surface area contributed by atoms with Gasteiger partial charge in [-0.25, -0.2) is 5.43 Å². The molecule has 1 atom stereocenters. The number of carbonyl (C=O) groups excluding carboxylic acids is 1. The van der Waals surface area contributed by atoms with Crippen molar-refractivity contribution < 1.29 is 19.4 Å². The highest BCUT2D eigenvalue weighted by Crippen LogP contribution is 2.27. The maximum absolute atomic E-state index is 12.0. The first-order valence-electron chi connectivity index (χ1n) is 7.12. The highest BCUT2D eigenvalue weighted by atomic mass is 79.9. The molecule has 0 fully saturated rings. The number of nitrogens with one attached hydrogen (secondary N) is 1. The van der Waals surface area contributed by atoms with Gasteiger partial charge in [0.2, 0.25) is 0 Å². The van der Waals surface area contributed by atoms with Crippen LogP contribution in [-0.4, -0.2) is 30.4 Å². The van der Waals surface area contributed by atoms with Gasteiger partial charge in [0.05, 0.1) is 13.3 Å². The Bertz CT molecular complexity index is 732. The molecule has 2 N–H and O–H groups in total. The number of phenolic OH excluding ortho intramolecular Hbond substituents is 1. The molecule has 0 aliphatic rings. The van der Waals surface area contributed by atoms with Crippen molar-refractivity contribution in [1.29, 1.82) is 0 Å². The first kappa shape index (κ1) is 17.8. The summed E-state index contributed by atoms with van der Waals surface area (Å²) in [6.45, 7) is 1.62. The normalized spacial score (nSPS) is 12.0. The van der Waals surface area contributed by atoms with Crippen LogP contribution in [0, 0.1) is 0 Å². The van der Waals surface area contributed by atoms with E-state index in [1.54, 1.807) is 37.3 Å². The molecule has 1 amide bonds. The zero-order valence-corrected chi connectivity index (χ0v) is 14.8. The van der Waals surface area contributed by atoms with Crippen molar-refractivity contribution in [3.8, 4) is 17.2 Å². The third-order valence-electron chi connectivity index (χ3n) is 3.12. The van der Waals surface area contributed by atoms with E-state index >= 15 is 0 Å². The first-order chi connectivity index (χ1) is 11.5. The number of aromatic hydroxyl groups is 1. The molecule has 7 heteroatoms. The fourth-order valence-electron chi connectivity index (χ4n) is 1.84. The number of nitrogens with zero attached hydrogens (tertiary/aromatic N) is 1. The van der Waals surface area contributed by atoms with Crippen LogP contribution < -0.4 is 14.9 Å². The van der Waals surface area contributed by atoms with Crippen LogP contribution in [0.2, 0.25) is 0 Å². The number of hydrogen-bond donors (Lipinski definition) is 2. The molecular formula is C17H17BrN2O4. The molecule has 0 spiro atoms. The van der Waals surface area contributed by atoms with Gasteiger partial charge in [-0.2, -0.15) is 5.10 Å². The van der Waals surface area contributed by atoms with Gasteiger partial charge in [0, 0.05) is 10.0 Å². The molecule has 2 aromatic carbocycles. The fourth-order valence-corrected chi connectivity index (χ4v) is 2.10. The molecule has 24 heavy (non-hydrogen) atoms. The van der Waals surface area contributed by atoms with Crippen molar-refractivity contribution in [3.63, 3.8) is 0 Å². The van der Waals surface area contributed by atoms with E-state index in [2.05, 4.69) is 26.5 Å². The lowest BCUT2D eigenvalue weighted by atomic mass is 10.2. The second-order valence-electron chi connectivity index (χ2n) is 4.85. The lowest BCUT2D eigenvalue weighted by molar-refractivity contribution is -0.127. The third kappa shape index (κ3) is 4.73. The molecule has 0 bridgehead atoms. The van der Waals surface area contributed by atoms with Gasteiger partial charge in [0.25, 0.3) is 5.91 Å². The van der Waals surface area contributed by atoms with Gasteiger partial charge in [-0.15, -0.1) is 0 Å². The average molecular weight is 393 g/mol. The van der Waals surface area contributed by atoms with Gasteiger partial charge in [-0.05, 0) is 43.3 Å². The largest absolute Gasteiger partial charge is 0.504 e. The summed E-state index contributed by atoms with van der Waals surface area (Å²) >= 11 is 3.33. The number of ether oxygens (including phenoxy) is 2. The zero-order valence-electron chi connectivity index (χ0n) is 13.2. The number of hydrazone groups is 1. The third-order valence-corrected chi connectivity index (χ3v) is 3.65. The number of para-hydroxylation sites is 1. The van der Waals surface area contributed by atoms with E-state index < -0.39 is 12.0 Å². The van der Waals surface area contributed by atoms with E-state index in [9.17, 15) is 9.90 Å². The minimum atomic E-state index is -0.720. The molecule has 2 aromatic rings. The Balaban J connectivity index is 1.93. The van der Waals surface area contributed by atoms with Crippen molar-refractivity contribution in [3.05, 3.63) is 52.5 Å². The average Bonchev–Trinajstić information content (AvgIpc) is 2.58. The number of halogens is 1. The molecule has 0 radical (unpaired) electrons. The number of benzene rings is 2. The maximum Gasteiger partial charge on any atom is 0.280 e. The highest BCUT2D eigenvalue weighted by Gasteiger charge is 2.14. The van der Waals surface area contributed by atoms with Crippen LogP contribution in [-0.2, 0) is 4.79 Å². The van der Waals surface area contributed by atoms with Gasteiger partial charge in [-0.1, -0.05) is 22.0 Å². The number of hydrogen-bond acceptors (Lipinski definition) is 5. The SMILES string of the molecule is COc1cccc(/C=N\NC(=O)[C@H](C)Oc2ccc(Br)cc2)c1O. The van der Waals surface area contributed by atoms with Crippen molar-refractivity contribution in [2.24, 2.45) is 5.10 Å². The standard InChI is InChI=1S/C17H17BrN2O4/c1-11(24-14-8-6-13(18)7-9-14)17(22)20-19-10-12-4-3-5-15(23-2)16(12)21/h3-11,21H,1-2H3,(H,20,22)/b19-10-/t11-/m0/s1. The Morgan fingerprint density at radius 3 is 2.67 bits per heavy atom. The molecule has 0 aliphatic carbocycles. The summed E-state index contributed by atoms with van der Waals surface area (Å²) in [4.78, 5) is 12.0. The minimum Gasteiger partial charge on any atom is -0.504 e. The molecule has 0 saturated carbocycles. The van der Waals surface area contributed by atoms with Crippen molar-refractivity contribution >= 4 is 28.1 Å². The fraction of sp³-hybridized carbons (Fsp3) is 0.176. The summed E-state index contributed by atoms with van der Waals surface area (Å²) in [5.74, 6) is 0.459. The molecule has 6 nitrogen and oxygen atoms in total. The highest BCUT2D eigenvalue weighted by molar-refractivity contribution is 9.10. The predicted molar refractivity (Wildman–Crippen MR) is 94.6 cm³/mol. The van der Waals surface area contributed by atoms with Gasteiger partial charge in [0.15, 0.2) is 17.6 Å². The van der Waals surface area contributed by atoms with Gasteiger partial charge in [-0.3, -0.25) is 4.79 Å². The van der Waals surface area contributed by atoms with E-state index in [0.717, 1.165) is 4.47 Å². The first-order valence-corrected chi connectivity index (χ1v) is 7.91. The lowest BCUT2D eigenvalue weighted by Gasteiger charge is -2.12. The summed E-state index contributed by atoms with van der Waals surface area (Å²) < 4.78 is 11.4. The van der Waals surface area contributed by atoms with Gasteiger partial charge in [0.1, 0.15) is 5.75 Å². The van der Waals surface area contributed by atoms with Gasteiger partial charge >= 0.3 is 0 Å². The van der Waals surface area contributed by atoms with Crippen LogP contribution >= 0.6 is 15.9 Å². The smallest absolute Gasteiger partial charge is 0.280 e. The monoisotopic (exact) mass is 392 g/mol. The predicted octanol–water partition coefficient (Wildman–Crippen LogP) is 3.08. The maximum atomic E-state index is 12.0. The van der Waals surface area contributed by atoms with Crippen LogP contribution in [0.5, 0.6) is 17.2 Å². The summed E-state index contributed by atoms with van der Waals surface area (Å²) in [5, 5.41) is 13.7. The summed E-state index contributed by atoms with van der Waals surface area (Å²) in [7, 11) is 1.46. The van der Waals surface area contributed by atoms with Crippen LogP contribution in [0.15, 0.2) is 52.0 Å². The molecule has 2 rings (SSSR count). The minimum absolute atomic E-state index is 0.0443. The van der Waals surface area contributed by atoms with Crippen molar-refractivity contribution in [1.82, 2.24) is 5.43 Å². The number of methoxy groups -OCH3 is 1. The Kier molecular flexibility index (Phi) is 6.20. The van der Waals surface area contributed by atoms with Crippen molar-refractivity contribution in [2.45, 2.75) is 13.0 Å². The number of amides is 1. The van der Waals surface area contributed by atoms with Crippen LogP contribution in [0.4, 0.5) is 0 Å². The second kappa shape index (κ2) is 8.35. The Hall–Kier alpha value is -2.54. The molecule has 0 heterocycles. The van der Waals surface area contributed by atoms with Crippen LogP contribution in [0.3, 0.4) is 0 Å². The molecule has 0 saturated heterocycles. The molecule has 0 unspecified atom stereocenters. The topological polar surface area (TPSA) is 80.2 Å². The van der Waals surface area contributed by atoms with E-state index in [4.69, 9.17) is 9.47 Å². The van der Waals surface area contributed by atoms with E-state index in [0.29, 0.717) is 17.1 Å². The van der Waals surface area contributed by atoms with E-state index in [1.807, 2.05) is 12.1 Å². The van der Waals surface area contributed by atoms with Crippen LogP contribution in [0.1, 0.15) is 12.5 Å². The quantitative estimate of drug-likeness (QED) is 0.584. The van der Waals surface area contributed by atoms with Crippen LogP contribution in [0.25, 0.3) is 0 Å². The Morgan fingerprint density at radius 2 is 2.00 bits per heavy atom. The lowest BCUT2D eigenvalue weighted by Crippen LogP contribution is -2.33. The van der Waals surface area contributed by atoms with E-state index in [1.165, 1.54) is 13.3 Å². The molecular weight excluding hydrogens is 376 g/mol. The number of rotatable bonds is 6.